The molecule has 0 fully saturated rings. The Morgan fingerprint density at radius 2 is 2.44 bits per heavy atom. The highest BCUT2D eigenvalue weighted by Gasteiger charge is 2.21. The van der Waals surface area contributed by atoms with Crippen molar-refractivity contribution in [3.8, 4) is 11.5 Å². The number of rotatable bonds is 3. The third-order valence-corrected chi connectivity index (χ3v) is 2.90. The van der Waals surface area contributed by atoms with E-state index < -0.39 is 6.10 Å². The predicted octanol–water partition coefficient (Wildman–Crippen LogP) is 1.42. The summed E-state index contributed by atoms with van der Waals surface area (Å²) in [4.78, 5) is 0. The van der Waals surface area contributed by atoms with Gasteiger partial charge in [0.05, 0.1) is 6.20 Å². The van der Waals surface area contributed by atoms with E-state index in [4.69, 9.17) is 9.47 Å². The van der Waals surface area contributed by atoms with Crippen LogP contribution in [0.5, 0.6) is 11.5 Å². The van der Waals surface area contributed by atoms with Crippen molar-refractivity contribution >= 4 is 0 Å². The second kappa shape index (κ2) is 4.34. The number of aryl methyl sites for hydroxylation is 1. The van der Waals surface area contributed by atoms with Crippen molar-refractivity contribution in [3.05, 3.63) is 41.7 Å². The summed E-state index contributed by atoms with van der Waals surface area (Å²) >= 11 is 0. The van der Waals surface area contributed by atoms with E-state index in [0.717, 1.165) is 16.9 Å². The molecule has 1 aromatic heterocycles. The number of aliphatic hydroxyl groups excluding tert-OH is 1. The van der Waals surface area contributed by atoms with Gasteiger partial charge in [0.15, 0.2) is 0 Å². The maximum absolute atomic E-state index is 9.61. The summed E-state index contributed by atoms with van der Waals surface area (Å²) in [6, 6.07) is 5.49. The van der Waals surface area contributed by atoms with Crippen molar-refractivity contribution in [3.63, 3.8) is 0 Å². The molecule has 0 saturated carbocycles. The number of nitrogens with zero attached hydrogens (tertiary/aromatic N) is 2. The molecule has 3 rings (SSSR count). The Morgan fingerprint density at radius 3 is 3.22 bits per heavy atom. The van der Waals surface area contributed by atoms with Crippen molar-refractivity contribution in [2.24, 2.45) is 7.05 Å². The van der Waals surface area contributed by atoms with Gasteiger partial charge in [-0.05, 0) is 12.1 Å². The second-order valence-electron chi connectivity index (χ2n) is 4.34. The molecule has 0 bridgehead atoms. The molecule has 1 aliphatic rings. The van der Waals surface area contributed by atoms with Gasteiger partial charge in [-0.3, -0.25) is 4.68 Å². The molecule has 1 aromatic carbocycles. The van der Waals surface area contributed by atoms with Gasteiger partial charge in [0, 0.05) is 30.4 Å². The standard InChI is InChI=1S/C13H14N2O3/c1-15-6-9(5-14-15)7-17-10-2-3-11-12(16)8-18-13(11)4-10/h2-6,12,16H,7-8H2,1H3. The van der Waals surface area contributed by atoms with Crippen LogP contribution in [-0.4, -0.2) is 21.5 Å². The lowest BCUT2D eigenvalue weighted by Gasteiger charge is -2.06. The average molecular weight is 246 g/mol. The van der Waals surface area contributed by atoms with Gasteiger partial charge in [-0.1, -0.05) is 0 Å². The molecular formula is C13H14N2O3. The molecule has 0 amide bonds. The molecule has 0 radical (unpaired) electrons. The average Bonchev–Trinajstić information content (AvgIpc) is 2.94. The van der Waals surface area contributed by atoms with Crippen molar-refractivity contribution in [2.75, 3.05) is 6.61 Å². The van der Waals surface area contributed by atoms with Crippen molar-refractivity contribution in [1.82, 2.24) is 9.78 Å². The molecule has 94 valence electrons. The molecule has 0 aliphatic carbocycles. The van der Waals surface area contributed by atoms with E-state index in [1.165, 1.54) is 0 Å². The van der Waals surface area contributed by atoms with Crippen molar-refractivity contribution in [2.45, 2.75) is 12.7 Å². The first-order valence-electron chi connectivity index (χ1n) is 5.77. The number of aromatic nitrogens is 2. The van der Waals surface area contributed by atoms with Crippen LogP contribution in [0.1, 0.15) is 17.2 Å². The smallest absolute Gasteiger partial charge is 0.129 e. The minimum absolute atomic E-state index is 0.321. The fraction of sp³-hybridized carbons (Fsp3) is 0.308. The number of benzene rings is 1. The molecule has 0 spiro atoms. The molecule has 2 heterocycles. The molecule has 5 nitrogen and oxygen atoms in total. The summed E-state index contributed by atoms with van der Waals surface area (Å²) in [5.74, 6) is 1.43. The lowest BCUT2D eigenvalue weighted by atomic mass is 10.1. The van der Waals surface area contributed by atoms with Crippen molar-refractivity contribution in [1.29, 1.82) is 0 Å². The number of hydrogen-bond acceptors (Lipinski definition) is 4. The third kappa shape index (κ3) is 2.04. The van der Waals surface area contributed by atoms with Gasteiger partial charge < -0.3 is 14.6 Å². The normalized spacial score (nSPS) is 17.3. The van der Waals surface area contributed by atoms with E-state index in [-0.39, 0.29) is 0 Å². The van der Waals surface area contributed by atoms with Gasteiger partial charge in [0.25, 0.3) is 0 Å². The van der Waals surface area contributed by atoms with Crippen LogP contribution in [-0.2, 0) is 13.7 Å². The molecular weight excluding hydrogens is 232 g/mol. The first-order valence-corrected chi connectivity index (χ1v) is 5.77. The summed E-state index contributed by atoms with van der Waals surface area (Å²) < 4.78 is 12.7. The Hall–Kier alpha value is -2.01. The minimum Gasteiger partial charge on any atom is -0.490 e. The fourth-order valence-electron chi connectivity index (χ4n) is 1.98. The molecule has 5 heteroatoms. The zero-order valence-corrected chi connectivity index (χ0v) is 10.0. The van der Waals surface area contributed by atoms with Gasteiger partial charge in [-0.2, -0.15) is 5.10 Å². The van der Waals surface area contributed by atoms with Crippen LogP contribution >= 0.6 is 0 Å². The van der Waals surface area contributed by atoms with Crippen LogP contribution in [0.3, 0.4) is 0 Å². The maximum atomic E-state index is 9.61. The Kier molecular flexibility index (Phi) is 2.68. The van der Waals surface area contributed by atoms with Crippen LogP contribution in [0.2, 0.25) is 0 Å². The largest absolute Gasteiger partial charge is 0.490 e. The summed E-state index contributed by atoms with van der Waals surface area (Å²) in [6.45, 7) is 0.788. The van der Waals surface area contributed by atoms with E-state index in [9.17, 15) is 5.11 Å². The molecule has 0 saturated heterocycles. The summed E-state index contributed by atoms with van der Waals surface area (Å²) in [5.41, 5.74) is 1.84. The first kappa shape index (κ1) is 11.1. The summed E-state index contributed by atoms with van der Waals surface area (Å²) in [6.07, 6.45) is 3.16. The predicted molar refractivity (Wildman–Crippen MR) is 64.4 cm³/mol. The summed E-state index contributed by atoms with van der Waals surface area (Å²) in [5, 5.41) is 13.7. The lowest BCUT2D eigenvalue weighted by Crippen LogP contribution is -1.97. The lowest BCUT2D eigenvalue weighted by molar-refractivity contribution is 0.140. The number of fused-ring (bicyclic) bond motifs is 1. The number of ether oxygens (including phenoxy) is 2. The monoisotopic (exact) mass is 246 g/mol. The SMILES string of the molecule is Cn1cc(COc2ccc3c(c2)OCC3O)cn1. The Labute approximate surface area is 105 Å². The Morgan fingerprint density at radius 1 is 1.56 bits per heavy atom. The highest BCUT2D eigenvalue weighted by molar-refractivity contribution is 5.44. The van der Waals surface area contributed by atoms with Crippen LogP contribution < -0.4 is 9.47 Å². The number of aliphatic hydroxyl groups is 1. The maximum Gasteiger partial charge on any atom is 0.129 e. The van der Waals surface area contributed by atoms with E-state index >= 15 is 0 Å². The van der Waals surface area contributed by atoms with E-state index in [0.29, 0.717) is 19.0 Å². The number of hydrogen-bond donors (Lipinski definition) is 1. The topological polar surface area (TPSA) is 56.5 Å². The van der Waals surface area contributed by atoms with Crippen LogP contribution in [0.25, 0.3) is 0 Å². The zero-order chi connectivity index (χ0) is 12.5. The molecule has 1 N–H and O–H groups in total. The van der Waals surface area contributed by atoms with Crippen LogP contribution in [0.15, 0.2) is 30.6 Å². The third-order valence-electron chi connectivity index (χ3n) is 2.90. The second-order valence-corrected chi connectivity index (χ2v) is 4.34. The van der Waals surface area contributed by atoms with E-state index in [2.05, 4.69) is 5.10 Å². The van der Waals surface area contributed by atoms with Gasteiger partial charge in [0.2, 0.25) is 0 Å². The molecule has 1 aliphatic heterocycles. The highest BCUT2D eigenvalue weighted by atomic mass is 16.5. The molecule has 18 heavy (non-hydrogen) atoms. The Balaban J connectivity index is 1.70. The fourth-order valence-corrected chi connectivity index (χ4v) is 1.98. The highest BCUT2D eigenvalue weighted by Crippen LogP contribution is 2.35. The zero-order valence-electron chi connectivity index (χ0n) is 10.0. The van der Waals surface area contributed by atoms with Crippen LogP contribution in [0.4, 0.5) is 0 Å². The van der Waals surface area contributed by atoms with E-state index in [1.54, 1.807) is 10.9 Å². The van der Waals surface area contributed by atoms with Crippen molar-refractivity contribution < 1.29 is 14.6 Å². The minimum atomic E-state index is -0.521. The quantitative estimate of drug-likeness (QED) is 0.890. The van der Waals surface area contributed by atoms with Gasteiger partial charge in [0.1, 0.15) is 30.8 Å². The van der Waals surface area contributed by atoms with Gasteiger partial charge in [-0.25, -0.2) is 0 Å². The molecule has 1 atom stereocenters. The van der Waals surface area contributed by atoms with E-state index in [1.807, 2.05) is 31.4 Å². The summed E-state index contributed by atoms with van der Waals surface area (Å²) in [7, 11) is 1.87. The molecule has 2 aromatic rings. The van der Waals surface area contributed by atoms with Gasteiger partial charge >= 0.3 is 0 Å². The Bertz CT molecular complexity index is 565. The van der Waals surface area contributed by atoms with Crippen LogP contribution in [0, 0.1) is 0 Å². The molecule has 1 unspecified atom stereocenters. The first-order chi connectivity index (χ1) is 8.72. The van der Waals surface area contributed by atoms with Gasteiger partial charge in [-0.15, -0.1) is 0 Å².